The van der Waals surface area contributed by atoms with E-state index < -0.39 is 37.5 Å². The summed E-state index contributed by atoms with van der Waals surface area (Å²) in [5.74, 6) is -1.84. The first kappa shape index (κ1) is 19.6. The van der Waals surface area contributed by atoms with E-state index in [0.717, 1.165) is 4.90 Å². The smallest absolute Gasteiger partial charge is 0.317 e. The zero-order chi connectivity index (χ0) is 16.6. The monoisotopic (exact) mass is 310 g/mol. The molecular weight excluding hydrogens is 286 g/mol. The minimum Gasteiger partial charge on any atom is -0.481 e. The second-order valence-electron chi connectivity index (χ2n) is 6.05. The van der Waals surface area contributed by atoms with E-state index in [-0.39, 0.29) is 18.5 Å². The lowest BCUT2D eigenvalue weighted by Crippen LogP contribution is -2.46. The number of carbonyl (C=O) groups is 2. The zero-order valence-corrected chi connectivity index (χ0v) is 12.6. The van der Waals surface area contributed by atoms with Gasteiger partial charge in [0.2, 0.25) is 0 Å². The molecule has 0 aromatic carbocycles. The molecule has 0 heterocycles. The first-order chi connectivity index (χ1) is 9.56. The number of aliphatic carboxylic acids is 1. The predicted molar refractivity (Wildman–Crippen MR) is 73.3 cm³/mol. The van der Waals surface area contributed by atoms with Crippen LogP contribution in [0.4, 0.5) is 13.6 Å². The lowest BCUT2D eigenvalue weighted by molar-refractivity contribution is -0.142. The van der Waals surface area contributed by atoms with Crippen LogP contribution in [0.25, 0.3) is 0 Å². The van der Waals surface area contributed by atoms with Crippen molar-refractivity contribution in [2.24, 2.45) is 11.3 Å². The van der Waals surface area contributed by atoms with Crippen LogP contribution in [0.2, 0.25) is 0 Å². The molecule has 0 radical (unpaired) electrons. The maximum atomic E-state index is 12.3. The van der Waals surface area contributed by atoms with E-state index in [2.05, 4.69) is 5.32 Å². The molecule has 0 saturated carbocycles. The molecular formula is C13H24F2N2O4. The lowest BCUT2D eigenvalue weighted by atomic mass is 9.84. The molecule has 2 amide bonds. The Kier molecular flexibility index (Phi) is 8.16. The van der Waals surface area contributed by atoms with E-state index in [1.807, 2.05) is 20.8 Å². The van der Waals surface area contributed by atoms with Gasteiger partial charge in [-0.05, 0) is 11.8 Å². The maximum absolute atomic E-state index is 12.3. The molecule has 0 aliphatic heterocycles. The molecule has 0 saturated heterocycles. The molecule has 0 aromatic rings. The lowest BCUT2D eigenvalue weighted by Gasteiger charge is -2.26. The van der Waals surface area contributed by atoms with Gasteiger partial charge in [-0.15, -0.1) is 0 Å². The molecule has 6 nitrogen and oxygen atoms in total. The Morgan fingerprint density at radius 1 is 1.29 bits per heavy atom. The van der Waals surface area contributed by atoms with Gasteiger partial charge in [-0.2, -0.15) is 0 Å². The van der Waals surface area contributed by atoms with Gasteiger partial charge in [0, 0.05) is 13.1 Å². The topological polar surface area (TPSA) is 89.9 Å². The number of amides is 2. The first-order valence-electron chi connectivity index (χ1n) is 6.71. The number of carboxylic acid groups (broad SMARTS) is 1. The van der Waals surface area contributed by atoms with E-state index in [1.165, 1.54) is 0 Å². The number of nitrogens with zero attached hydrogens (tertiary/aromatic N) is 1. The number of carbonyl (C=O) groups excluding carboxylic acids is 1. The van der Waals surface area contributed by atoms with E-state index >= 15 is 0 Å². The highest BCUT2D eigenvalue weighted by molar-refractivity contribution is 5.76. The number of urea groups is 1. The number of hydrogen-bond acceptors (Lipinski definition) is 3. The Morgan fingerprint density at radius 2 is 1.86 bits per heavy atom. The second kappa shape index (κ2) is 8.76. The van der Waals surface area contributed by atoms with Crippen LogP contribution in [-0.2, 0) is 4.79 Å². The van der Waals surface area contributed by atoms with Gasteiger partial charge in [0.25, 0.3) is 6.43 Å². The highest BCUT2D eigenvalue weighted by atomic mass is 19.3. The normalized spacial score (nSPS) is 13.1. The molecule has 124 valence electrons. The van der Waals surface area contributed by atoms with E-state index in [1.54, 1.807) is 0 Å². The predicted octanol–water partition coefficient (Wildman–Crippen LogP) is 1.39. The fourth-order valence-electron chi connectivity index (χ4n) is 1.87. The molecule has 0 bridgehead atoms. The van der Waals surface area contributed by atoms with E-state index in [9.17, 15) is 18.4 Å². The van der Waals surface area contributed by atoms with E-state index in [4.69, 9.17) is 10.2 Å². The molecule has 0 aliphatic carbocycles. The summed E-state index contributed by atoms with van der Waals surface area (Å²) in [6.07, 6.45) is -2.37. The van der Waals surface area contributed by atoms with Crippen molar-refractivity contribution in [3.8, 4) is 0 Å². The summed E-state index contributed by atoms with van der Waals surface area (Å²) < 4.78 is 24.6. The summed E-state index contributed by atoms with van der Waals surface area (Å²) in [6.45, 7) is 4.01. The molecule has 21 heavy (non-hydrogen) atoms. The van der Waals surface area contributed by atoms with Crippen LogP contribution in [0, 0.1) is 11.3 Å². The van der Waals surface area contributed by atoms with Gasteiger partial charge in [-0.1, -0.05) is 20.8 Å². The van der Waals surface area contributed by atoms with Gasteiger partial charge in [-0.25, -0.2) is 13.6 Å². The van der Waals surface area contributed by atoms with Crippen LogP contribution in [0.5, 0.6) is 0 Å². The van der Waals surface area contributed by atoms with Crippen molar-refractivity contribution >= 4 is 12.0 Å². The van der Waals surface area contributed by atoms with Crippen LogP contribution in [0.15, 0.2) is 0 Å². The van der Waals surface area contributed by atoms with Gasteiger partial charge in [-0.3, -0.25) is 4.79 Å². The number of aliphatic hydroxyl groups is 1. The third-order valence-electron chi connectivity index (χ3n) is 2.72. The van der Waals surface area contributed by atoms with Gasteiger partial charge in [0.15, 0.2) is 0 Å². The van der Waals surface area contributed by atoms with Crippen molar-refractivity contribution in [2.45, 2.75) is 33.6 Å². The highest BCUT2D eigenvalue weighted by Crippen LogP contribution is 2.24. The molecule has 0 rings (SSSR count). The highest BCUT2D eigenvalue weighted by Gasteiger charge is 2.26. The Bertz CT molecular complexity index is 346. The van der Waals surface area contributed by atoms with Crippen LogP contribution in [0.1, 0.15) is 27.2 Å². The van der Waals surface area contributed by atoms with Gasteiger partial charge < -0.3 is 20.4 Å². The van der Waals surface area contributed by atoms with Crippen LogP contribution in [-0.4, -0.2) is 59.8 Å². The molecule has 0 aromatic heterocycles. The molecule has 1 atom stereocenters. The van der Waals surface area contributed by atoms with Crippen LogP contribution in [0.3, 0.4) is 0 Å². The van der Waals surface area contributed by atoms with Gasteiger partial charge >= 0.3 is 12.0 Å². The number of hydrogen-bond donors (Lipinski definition) is 3. The van der Waals surface area contributed by atoms with Crippen molar-refractivity contribution in [2.75, 3.05) is 26.2 Å². The number of rotatable bonds is 8. The summed E-state index contributed by atoms with van der Waals surface area (Å²) in [6, 6.07) is -0.801. The van der Waals surface area contributed by atoms with Gasteiger partial charge in [0.05, 0.1) is 19.1 Å². The molecule has 8 heteroatoms. The standard InChI is InChI=1S/C13H24F2N2O4/c1-13(2,3)6-9(11(19)20)7-16-12(21)17(4-5-18)8-10(14)15/h9-10,18H,4-8H2,1-3H3,(H,16,21)(H,19,20). The Labute approximate surface area is 123 Å². The summed E-state index contributed by atoms with van der Waals surface area (Å²) >= 11 is 0. The van der Waals surface area contributed by atoms with Crippen molar-refractivity contribution in [3.05, 3.63) is 0 Å². The summed E-state index contributed by atoms with van der Waals surface area (Å²) in [5, 5.41) is 20.2. The number of carboxylic acids is 1. The average Bonchev–Trinajstić information content (AvgIpc) is 2.31. The first-order valence-corrected chi connectivity index (χ1v) is 6.71. The average molecular weight is 310 g/mol. The molecule has 1 unspecified atom stereocenters. The maximum Gasteiger partial charge on any atom is 0.317 e. The number of aliphatic hydroxyl groups excluding tert-OH is 1. The van der Waals surface area contributed by atoms with Gasteiger partial charge in [0.1, 0.15) is 0 Å². The second-order valence-corrected chi connectivity index (χ2v) is 6.05. The SMILES string of the molecule is CC(C)(C)CC(CNC(=O)N(CCO)CC(F)F)C(=O)O. The molecule has 0 fully saturated rings. The van der Waals surface area contributed by atoms with Crippen LogP contribution < -0.4 is 5.32 Å². The Hall–Kier alpha value is -1.44. The number of nitrogens with one attached hydrogen (secondary N) is 1. The summed E-state index contributed by atoms with van der Waals surface area (Å²) in [7, 11) is 0. The molecule has 3 N–H and O–H groups in total. The summed E-state index contributed by atoms with van der Waals surface area (Å²) in [5.41, 5.74) is -0.235. The van der Waals surface area contributed by atoms with Crippen molar-refractivity contribution in [1.82, 2.24) is 10.2 Å². The molecule has 0 aliphatic rings. The van der Waals surface area contributed by atoms with Crippen molar-refractivity contribution in [3.63, 3.8) is 0 Å². The molecule has 0 spiro atoms. The third-order valence-corrected chi connectivity index (χ3v) is 2.72. The largest absolute Gasteiger partial charge is 0.481 e. The number of alkyl halides is 2. The fourth-order valence-corrected chi connectivity index (χ4v) is 1.87. The van der Waals surface area contributed by atoms with Crippen molar-refractivity contribution < 1.29 is 28.6 Å². The fraction of sp³-hybridized carbons (Fsp3) is 0.846. The van der Waals surface area contributed by atoms with Crippen LogP contribution >= 0.6 is 0 Å². The third kappa shape index (κ3) is 9.17. The minimum atomic E-state index is -2.72. The number of halogens is 2. The summed E-state index contributed by atoms with van der Waals surface area (Å²) in [4.78, 5) is 23.6. The quantitative estimate of drug-likeness (QED) is 0.632. The van der Waals surface area contributed by atoms with Crippen molar-refractivity contribution in [1.29, 1.82) is 0 Å². The Balaban J connectivity index is 4.55. The Morgan fingerprint density at radius 3 is 2.24 bits per heavy atom. The van der Waals surface area contributed by atoms with E-state index in [0.29, 0.717) is 6.42 Å². The zero-order valence-electron chi connectivity index (χ0n) is 12.6. The minimum absolute atomic E-state index is 0.142.